The van der Waals surface area contributed by atoms with Crippen LogP contribution in [0.5, 0.6) is 0 Å². The Bertz CT molecular complexity index is 975. The standard InChI is InChI=1S/C22H29N2O7P/c1-6-29-21(26)18-15-10-8-14(12-17(25)24(3)31-13-32(4,5)28)9-11-16(15)19(20(18)23)22(27)30-7-2/h8-11H,6-7,12-13,23H2,1-5H3. The number of rotatable bonds is 9. The molecule has 32 heavy (non-hydrogen) atoms. The van der Waals surface area contributed by atoms with E-state index in [9.17, 15) is 18.9 Å². The molecule has 0 bridgehead atoms. The molecule has 0 saturated carbocycles. The molecular formula is C22H29N2O7P. The van der Waals surface area contributed by atoms with E-state index in [0.29, 0.717) is 16.7 Å². The van der Waals surface area contributed by atoms with E-state index in [1.807, 2.05) is 0 Å². The Morgan fingerprint density at radius 2 is 1.41 bits per heavy atom. The first-order valence-corrected chi connectivity index (χ1v) is 12.9. The lowest BCUT2D eigenvalue weighted by atomic mass is 10.1. The van der Waals surface area contributed by atoms with Crippen LogP contribution in [0.4, 0.5) is 5.69 Å². The second-order valence-electron chi connectivity index (χ2n) is 7.57. The van der Waals surface area contributed by atoms with Crippen molar-refractivity contribution in [1.29, 1.82) is 0 Å². The second kappa shape index (κ2) is 10.6. The summed E-state index contributed by atoms with van der Waals surface area (Å²) in [7, 11) is -0.983. The van der Waals surface area contributed by atoms with Crippen molar-refractivity contribution >= 4 is 30.7 Å². The van der Waals surface area contributed by atoms with E-state index >= 15 is 0 Å². The molecule has 0 fully saturated rings. The van der Waals surface area contributed by atoms with Gasteiger partial charge < -0.3 is 19.8 Å². The van der Waals surface area contributed by atoms with Gasteiger partial charge >= 0.3 is 11.9 Å². The van der Waals surface area contributed by atoms with Gasteiger partial charge in [-0.1, -0.05) is 24.3 Å². The molecule has 2 rings (SSSR count). The van der Waals surface area contributed by atoms with E-state index in [1.54, 1.807) is 51.4 Å². The van der Waals surface area contributed by atoms with Gasteiger partial charge in [0.1, 0.15) is 13.5 Å². The number of ether oxygens (including phenoxy) is 2. The van der Waals surface area contributed by atoms with Crippen molar-refractivity contribution in [3.05, 3.63) is 41.0 Å². The van der Waals surface area contributed by atoms with E-state index in [0.717, 1.165) is 5.06 Å². The molecule has 2 aliphatic rings. The van der Waals surface area contributed by atoms with Crippen LogP contribution in [0, 0.1) is 0 Å². The van der Waals surface area contributed by atoms with Crippen LogP contribution < -0.4 is 5.73 Å². The summed E-state index contributed by atoms with van der Waals surface area (Å²) in [5.74, 6) is -1.64. The Hall–Kier alpha value is -2.90. The first kappa shape index (κ1) is 25.4. The molecule has 0 spiro atoms. The molecule has 0 aliphatic heterocycles. The monoisotopic (exact) mass is 464 g/mol. The number of nitrogens with two attached hydrogens (primary N) is 1. The largest absolute Gasteiger partial charge is 0.462 e. The van der Waals surface area contributed by atoms with Crippen LogP contribution in [0.2, 0.25) is 0 Å². The minimum absolute atomic E-state index is 0.00239. The van der Waals surface area contributed by atoms with Crippen LogP contribution in [0.25, 0.3) is 11.1 Å². The Morgan fingerprint density at radius 3 is 1.81 bits per heavy atom. The zero-order valence-corrected chi connectivity index (χ0v) is 19.9. The number of fused-ring (bicyclic) bond motifs is 1. The van der Waals surface area contributed by atoms with Crippen LogP contribution >= 0.6 is 7.14 Å². The molecule has 174 valence electrons. The highest BCUT2D eigenvalue weighted by Gasteiger charge is 2.30. The quantitative estimate of drug-likeness (QED) is 0.341. The summed E-state index contributed by atoms with van der Waals surface area (Å²) in [6.07, 6.45) is -0.0542. The smallest absolute Gasteiger partial charge is 0.340 e. The van der Waals surface area contributed by atoms with Crippen LogP contribution in [0.15, 0.2) is 24.3 Å². The third-order valence-electron chi connectivity index (χ3n) is 4.52. The number of likely N-dealkylation sites (N-methyl/N-ethyl adjacent to an activating group) is 1. The van der Waals surface area contributed by atoms with Gasteiger partial charge in [-0.15, -0.1) is 0 Å². The highest BCUT2D eigenvalue weighted by Crippen LogP contribution is 2.40. The predicted molar refractivity (Wildman–Crippen MR) is 121 cm³/mol. The van der Waals surface area contributed by atoms with Gasteiger partial charge in [-0.3, -0.25) is 9.63 Å². The van der Waals surface area contributed by atoms with Crippen LogP contribution in [0.1, 0.15) is 40.1 Å². The van der Waals surface area contributed by atoms with Gasteiger partial charge in [0.05, 0.1) is 36.4 Å². The summed E-state index contributed by atoms with van der Waals surface area (Å²) < 4.78 is 22.0. The summed E-state index contributed by atoms with van der Waals surface area (Å²) in [5.41, 5.74) is 7.76. The van der Waals surface area contributed by atoms with Crippen molar-refractivity contribution in [2.75, 3.05) is 45.7 Å². The molecule has 0 unspecified atom stereocenters. The Labute approximate surface area is 187 Å². The van der Waals surface area contributed by atoms with E-state index in [-0.39, 0.29) is 48.7 Å². The molecule has 0 atom stereocenters. The third kappa shape index (κ3) is 6.08. The van der Waals surface area contributed by atoms with Gasteiger partial charge in [0, 0.05) is 7.05 Å². The minimum atomic E-state index is -2.44. The number of hydroxylamine groups is 2. The summed E-state index contributed by atoms with van der Waals surface area (Å²) >= 11 is 0. The Morgan fingerprint density at radius 1 is 0.938 bits per heavy atom. The lowest BCUT2D eigenvalue weighted by molar-refractivity contribution is -0.170. The molecule has 2 aliphatic carbocycles. The molecule has 0 aromatic carbocycles. The lowest BCUT2D eigenvalue weighted by Crippen LogP contribution is -2.28. The molecule has 0 saturated heterocycles. The number of amides is 1. The predicted octanol–water partition coefficient (Wildman–Crippen LogP) is 3.24. The molecular weight excluding hydrogens is 435 g/mol. The van der Waals surface area contributed by atoms with Gasteiger partial charge in [-0.2, -0.15) is 0 Å². The lowest BCUT2D eigenvalue weighted by Gasteiger charge is -2.18. The summed E-state index contributed by atoms with van der Waals surface area (Å²) in [5, 5.41) is 1.05. The van der Waals surface area contributed by atoms with Crippen molar-refractivity contribution in [3.8, 4) is 11.1 Å². The summed E-state index contributed by atoms with van der Waals surface area (Å²) in [6, 6.07) is 6.57. The molecule has 9 nitrogen and oxygen atoms in total. The van der Waals surface area contributed by atoms with Crippen molar-refractivity contribution < 1.29 is 33.3 Å². The first-order chi connectivity index (χ1) is 15.0. The highest BCUT2D eigenvalue weighted by molar-refractivity contribution is 7.62. The number of carbonyl (C=O) groups excluding carboxylic acids is 3. The third-order valence-corrected chi connectivity index (χ3v) is 5.26. The van der Waals surface area contributed by atoms with E-state index in [2.05, 4.69) is 0 Å². The fourth-order valence-electron chi connectivity index (χ4n) is 3.01. The average molecular weight is 464 g/mol. The van der Waals surface area contributed by atoms with Gasteiger partial charge in [0.15, 0.2) is 0 Å². The molecule has 10 heteroatoms. The topological polar surface area (TPSA) is 125 Å². The number of hydrogen-bond acceptors (Lipinski definition) is 8. The van der Waals surface area contributed by atoms with Crippen LogP contribution in [-0.2, 0) is 30.1 Å². The van der Waals surface area contributed by atoms with Gasteiger partial charge in [0.25, 0.3) is 0 Å². The van der Waals surface area contributed by atoms with Gasteiger partial charge in [0.2, 0.25) is 5.91 Å². The zero-order chi connectivity index (χ0) is 24.1. The minimum Gasteiger partial charge on any atom is -0.462 e. The second-order valence-corrected chi connectivity index (χ2v) is 11.0. The molecule has 0 heterocycles. The van der Waals surface area contributed by atoms with Gasteiger partial charge in [-0.05, 0) is 43.9 Å². The number of nitrogens with zero attached hydrogens (tertiary/aromatic N) is 1. The average Bonchev–Trinajstić information content (AvgIpc) is 2.84. The molecule has 0 radical (unpaired) electrons. The number of hydrogen-bond donors (Lipinski definition) is 1. The van der Waals surface area contributed by atoms with E-state index in [1.165, 1.54) is 7.05 Å². The molecule has 1 amide bonds. The van der Waals surface area contributed by atoms with Gasteiger partial charge in [-0.25, -0.2) is 14.7 Å². The maximum absolute atomic E-state index is 12.5. The normalized spacial score (nSPS) is 11.3. The number of carbonyl (C=O) groups is 3. The van der Waals surface area contributed by atoms with Crippen LogP contribution in [0.3, 0.4) is 0 Å². The Kier molecular flexibility index (Phi) is 8.41. The number of anilines is 1. The maximum atomic E-state index is 12.5. The van der Waals surface area contributed by atoms with E-state index < -0.39 is 19.1 Å². The summed E-state index contributed by atoms with van der Waals surface area (Å²) in [4.78, 5) is 42.8. The van der Waals surface area contributed by atoms with Crippen LogP contribution in [-0.4, -0.2) is 62.8 Å². The van der Waals surface area contributed by atoms with Crippen molar-refractivity contribution in [2.24, 2.45) is 0 Å². The summed E-state index contributed by atoms with van der Waals surface area (Å²) in [6.45, 7) is 6.78. The zero-order valence-electron chi connectivity index (χ0n) is 19.0. The fraction of sp³-hybridized carbons (Fsp3) is 0.409. The molecule has 0 aromatic rings. The fourth-order valence-corrected chi connectivity index (χ4v) is 3.47. The van der Waals surface area contributed by atoms with E-state index in [4.69, 9.17) is 20.0 Å². The SMILES string of the molecule is CCOC(=O)c1c2ccc(CC(=O)N(C)OCP(C)(C)=O)ccc-2c(C(=O)OCC)c1N. The number of esters is 2. The maximum Gasteiger partial charge on any atom is 0.340 e. The van der Waals surface area contributed by atoms with Crippen molar-refractivity contribution in [1.82, 2.24) is 5.06 Å². The molecule has 2 N–H and O–H groups in total. The Balaban J connectivity index is 2.43. The highest BCUT2D eigenvalue weighted by atomic mass is 31.2. The molecule has 0 aromatic heterocycles. The first-order valence-electron chi connectivity index (χ1n) is 10.1. The van der Waals surface area contributed by atoms with Crippen molar-refractivity contribution in [2.45, 2.75) is 20.3 Å². The number of nitrogen functional groups attached to an aromatic ring is 1. The van der Waals surface area contributed by atoms with Crippen molar-refractivity contribution in [3.63, 3.8) is 0 Å².